The average molecular weight is 429 g/mol. The first-order chi connectivity index (χ1) is 14.4. The van der Waals surface area contributed by atoms with Crippen LogP contribution < -0.4 is 4.74 Å². The van der Waals surface area contributed by atoms with Gasteiger partial charge in [0.1, 0.15) is 4.75 Å². The number of ether oxygens (including phenoxy) is 2. The van der Waals surface area contributed by atoms with Crippen molar-refractivity contribution in [2.75, 3.05) is 25.4 Å². The van der Waals surface area contributed by atoms with Gasteiger partial charge in [-0.3, -0.25) is 4.79 Å². The highest BCUT2D eigenvalue weighted by atomic mass is 32.2. The molecule has 5 rings (SSSR count). The number of amides is 1. The topological polar surface area (TPSA) is 98.7 Å². The minimum Gasteiger partial charge on any atom is -0.463 e. The summed E-state index contributed by atoms with van der Waals surface area (Å²) in [5, 5.41) is 0. The molecule has 0 aliphatic carbocycles. The molecule has 2 saturated heterocycles. The maximum Gasteiger partial charge on any atom is 0.316 e. The van der Waals surface area contributed by atoms with Crippen LogP contribution in [0.4, 0.5) is 0 Å². The van der Waals surface area contributed by atoms with Gasteiger partial charge in [0.2, 0.25) is 0 Å². The van der Waals surface area contributed by atoms with Gasteiger partial charge < -0.3 is 14.4 Å². The van der Waals surface area contributed by atoms with Gasteiger partial charge in [-0.2, -0.15) is 0 Å². The van der Waals surface area contributed by atoms with E-state index in [2.05, 4.69) is 9.97 Å². The Morgan fingerprint density at radius 2 is 2.07 bits per heavy atom. The van der Waals surface area contributed by atoms with Gasteiger partial charge in [-0.25, -0.2) is 18.4 Å². The van der Waals surface area contributed by atoms with Crippen molar-refractivity contribution in [1.82, 2.24) is 14.9 Å². The van der Waals surface area contributed by atoms with E-state index in [9.17, 15) is 13.2 Å². The van der Waals surface area contributed by atoms with E-state index in [0.29, 0.717) is 25.2 Å². The maximum absolute atomic E-state index is 12.9. The van der Waals surface area contributed by atoms with Crippen LogP contribution in [0.15, 0.2) is 30.5 Å². The Labute approximate surface area is 175 Å². The Bertz CT molecular complexity index is 1110. The number of carbonyl (C=O) groups is 1. The number of nitrogens with zero attached hydrogens (tertiary/aromatic N) is 3. The van der Waals surface area contributed by atoms with Gasteiger partial charge in [0.05, 0.1) is 25.6 Å². The SMILES string of the molecule is Cc1ccnc(OC[C@@H]2CCS(=O)(=O)C23CN(C(=O)c2ccc4c(c2)COC4)C3)n1. The molecule has 0 saturated carbocycles. The van der Waals surface area contributed by atoms with Gasteiger partial charge in [0.15, 0.2) is 9.84 Å². The monoisotopic (exact) mass is 429 g/mol. The van der Waals surface area contributed by atoms with E-state index in [-0.39, 0.29) is 43.3 Å². The standard InChI is InChI=1S/C21H23N3O5S/c1-14-4-6-22-20(23-14)29-11-18-5-7-30(26,27)21(18)12-24(13-21)19(25)15-2-3-16-9-28-10-17(16)8-15/h2-4,6,8,18H,5,7,9-13H2,1H3/t18-/m0/s1. The van der Waals surface area contributed by atoms with Gasteiger partial charge in [0, 0.05) is 36.5 Å². The van der Waals surface area contributed by atoms with Crippen LogP contribution in [-0.2, 0) is 27.8 Å². The number of carbonyl (C=O) groups excluding carboxylic acids is 1. The highest BCUT2D eigenvalue weighted by molar-refractivity contribution is 7.93. The molecule has 1 atom stereocenters. The highest BCUT2D eigenvalue weighted by Crippen LogP contribution is 2.45. The van der Waals surface area contributed by atoms with E-state index in [4.69, 9.17) is 9.47 Å². The zero-order valence-electron chi connectivity index (χ0n) is 16.7. The summed E-state index contributed by atoms with van der Waals surface area (Å²) in [5.41, 5.74) is 3.48. The van der Waals surface area contributed by atoms with Crippen LogP contribution >= 0.6 is 0 Å². The summed E-state index contributed by atoms with van der Waals surface area (Å²) in [6.45, 7) is 3.54. The number of hydrogen-bond donors (Lipinski definition) is 0. The third-order valence-corrected chi connectivity index (χ3v) is 9.06. The Balaban J connectivity index is 1.30. The van der Waals surface area contributed by atoms with Gasteiger partial charge in [-0.05, 0) is 42.7 Å². The summed E-state index contributed by atoms with van der Waals surface area (Å²) in [4.78, 5) is 22.9. The molecule has 1 aromatic carbocycles. The van der Waals surface area contributed by atoms with Crippen molar-refractivity contribution in [3.8, 4) is 6.01 Å². The van der Waals surface area contributed by atoms with Crippen LogP contribution in [0.2, 0.25) is 0 Å². The number of rotatable bonds is 4. The molecule has 1 spiro atoms. The van der Waals surface area contributed by atoms with Crippen molar-refractivity contribution >= 4 is 15.7 Å². The normalized spacial score (nSPS) is 23.2. The fourth-order valence-corrected chi connectivity index (χ4v) is 7.01. The van der Waals surface area contributed by atoms with Crippen LogP contribution in [0, 0.1) is 12.8 Å². The molecule has 158 valence electrons. The lowest BCUT2D eigenvalue weighted by molar-refractivity contribution is 0.0403. The molecule has 0 unspecified atom stereocenters. The predicted octanol–water partition coefficient (Wildman–Crippen LogP) is 1.52. The smallest absolute Gasteiger partial charge is 0.316 e. The molecule has 1 aromatic heterocycles. The van der Waals surface area contributed by atoms with Crippen molar-refractivity contribution in [2.45, 2.75) is 31.3 Å². The van der Waals surface area contributed by atoms with Crippen molar-refractivity contribution in [3.63, 3.8) is 0 Å². The first-order valence-corrected chi connectivity index (χ1v) is 11.7. The van der Waals surface area contributed by atoms with Crippen molar-refractivity contribution in [2.24, 2.45) is 5.92 Å². The molecule has 1 amide bonds. The van der Waals surface area contributed by atoms with E-state index in [0.717, 1.165) is 16.8 Å². The quantitative estimate of drug-likeness (QED) is 0.727. The second kappa shape index (κ2) is 7.02. The van der Waals surface area contributed by atoms with Crippen molar-refractivity contribution in [1.29, 1.82) is 0 Å². The first-order valence-electron chi connectivity index (χ1n) is 10.0. The zero-order valence-corrected chi connectivity index (χ0v) is 17.5. The van der Waals surface area contributed by atoms with Crippen molar-refractivity contribution < 1.29 is 22.7 Å². The third-order valence-electron chi connectivity index (χ3n) is 6.46. The summed E-state index contributed by atoms with van der Waals surface area (Å²) < 4.78 is 35.9. The third kappa shape index (κ3) is 3.07. The maximum atomic E-state index is 12.9. The van der Waals surface area contributed by atoms with E-state index in [1.165, 1.54) is 0 Å². The number of aryl methyl sites for hydroxylation is 1. The number of sulfone groups is 1. The van der Waals surface area contributed by atoms with E-state index < -0.39 is 14.6 Å². The highest BCUT2D eigenvalue weighted by Gasteiger charge is 2.62. The second-order valence-electron chi connectivity index (χ2n) is 8.30. The number of fused-ring (bicyclic) bond motifs is 1. The molecule has 0 bridgehead atoms. The fourth-order valence-electron chi connectivity index (χ4n) is 4.61. The zero-order chi connectivity index (χ0) is 20.9. The van der Waals surface area contributed by atoms with Gasteiger partial charge in [-0.15, -0.1) is 0 Å². The average Bonchev–Trinajstić information content (AvgIpc) is 3.25. The Hall–Kier alpha value is -2.52. The molecular formula is C21H23N3O5S. The summed E-state index contributed by atoms with van der Waals surface area (Å²) in [6, 6.07) is 7.58. The van der Waals surface area contributed by atoms with E-state index >= 15 is 0 Å². The Kier molecular flexibility index (Phi) is 4.55. The van der Waals surface area contributed by atoms with Crippen LogP contribution in [0.3, 0.4) is 0 Å². The summed E-state index contributed by atoms with van der Waals surface area (Å²) in [7, 11) is -3.30. The molecule has 3 aliphatic rings. The molecule has 30 heavy (non-hydrogen) atoms. The number of likely N-dealkylation sites (tertiary alicyclic amines) is 1. The molecule has 8 nitrogen and oxygen atoms in total. The Morgan fingerprint density at radius 1 is 1.27 bits per heavy atom. The van der Waals surface area contributed by atoms with Gasteiger partial charge in [0.25, 0.3) is 5.91 Å². The molecule has 0 radical (unpaired) electrons. The van der Waals surface area contributed by atoms with E-state index in [1.54, 1.807) is 23.2 Å². The summed E-state index contributed by atoms with van der Waals surface area (Å²) in [5.74, 6) is -0.211. The van der Waals surface area contributed by atoms with E-state index in [1.807, 2.05) is 19.1 Å². The molecule has 2 fully saturated rings. The molecule has 2 aromatic rings. The minimum atomic E-state index is -3.30. The predicted molar refractivity (Wildman–Crippen MR) is 108 cm³/mol. The summed E-state index contributed by atoms with van der Waals surface area (Å²) in [6.07, 6.45) is 2.14. The summed E-state index contributed by atoms with van der Waals surface area (Å²) >= 11 is 0. The largest absolute Gasteiger partial charge is 0.463 e. The minimum absolute atomic E-state index is 0.119. The molecular weight excluding hydrogens is 406 g/mol. The number of benzene rings is 1. The number of aromatic nitrogens is 2. The Morgan fingerprint density at radius 3 is 2.87 bits per heavy atom. The van der Waals surface area contributed by atoms with Gasteiger partial charge >= 0.3 is 6.01 Å². The molecule has 9 heteroatoms. The first kappa shape index (κ1) is 19.4. The lowest BCUT2D eigenvalue weighted by atomic mass is 9.83. The van der Waals surface area contributed by atoms with Crippen LogP contribution in [-0.4, -0.2) is 59.4 Å². The lowest BCUT2D eigenvalue weighted by Crippen LogP contribution is -2.68. The lowest BCUT2D eigenvalue weighted by Gasteiger charge is -2.49. The van der Waals surface area contributed by atoms with Crippen LogP contribution in [0.1, 0.15) is 33.6 Å². The fraction of sp³-hybridized carbons (Fsp3) is 0.476. The second-order valence-corrected chi connectivity index (χ2v) is 10.7. The number of hydrogen-bond acceptors (Lipinski definition) is 7. The van der Waals surface area contributed by atoms with Gasteiger partial charge in [-0.1, -0.05) is 6.07 Å². The molecule has 3 aliphatic heterocycles. The van der Waals surface area contributed by atoms with Crippen LogP contribution in [0.5, 0.6) is 6.01 Å². The van der Waals surface area contributed by atoms with Crippen molar-refractivity contribution in [3.05, 3.63) is 52.8 Å². The molecule has 0 N–H and O–H groups in total. The molecule has 4 heterocycles. The van der Waals surface area contributed by atoms with Crippen LogP contribution in [0.25, 0.3) is 0 Å².